The average molecular weight is 334 g/mol. The average Bonchev–Trinajstić information content (AvgIpc) is 2.75. The molecule has 1 aromatic rings. The molecule has 0 radical (unpaired) electrons. The van der Waals surface area contributed by atoms with Crippen molar-refractivity contribution in [3.05, 3.63) is 34.5 Å². The van der Waals surface area contributed by atoms with Crippen LogP contribution in [0.15, 0.2) is 23.4 Å². The molecule has 2 atom stereocenters. The summed E-state index contributed by atoms with van der Waals surface area (Å²) in [4.78, 5) is 6.80. The monoisotopic (exact) mass is 334 g/mol. The van der Waals surface area contributed by atoms with Crippen molar-refractivity contribution in [1.29, 1.82) is 0 Å². The van der Waals surface area contributed by atoms with Crippen molar-refractivity contribution in [2.45, 2.75) is 57.5 Å². The zero-order valence-electron chi connectivity index (χ0n) is 14.4. The zero-order chi connectivity index (χ0) is 18.0. The summed E-state index contributed by atoms with van der Waals surface area (Å²) >= 11 is 0. The second-order valence-corrected chi connectivity index (χ2v) is 6.86. The van der Waals surface area contributed by atoms with Gasteiger partial charge in [-0.1, -0.05) is 11.2 Å². The number of aliphatic hydroxyl groups is 2. The van der Waals surface area contributed by atoms with Crippen LogP contribution in [0.3, 0.4) is 0 Å². The lowest BCUT2D eigenvalue weighted by atomic mass is 9.80. The van der Waals surface area contributed by atoms with Crippen LogP contribution in [0.25, 0.3) is 10.4 Å². The van der Waals surface area contributed by atoms with Crippen molar-refractivity contribution < 1.29 is 19.5 Å². The first-order valence-corrected chi connectivity index (χ1v) is 7.86. The van der Waals surface area contributed by atoms with Gasteiger partial charge in [-0.15, -0.1) is 0 Å². The topological polar surface area (TPSA) is 121 Å². The van der Waals surface area contributed by atoms with E-state index in [9.17, 15) is 10.2 Å². The highest BCUT2D eigenvalue weighted by atomic mass is 16.7. The number of aromatic nitrogens is 1. The van der Waals surface area contributed by atoms with Gasteiger partial charge in [-0.3, -0.25) is 4.98 Å². The van der Waals surface area contributed by atoms with Crippen LogP contribution < -0.4 is 5.46 Å². The molecule has 1 aliphatic heterocycles. The molecule has 0 bridgehead atoms. The maximum absolute atomic E-state index is 10.1. The molecule has 0 amide bonds. The third-order valence-electron chi connectivity index (χ3n) is 4.59. The normalized spacial score (nSPS) is 21.2. The number of pyridine rings is 1. The Balaban J connectivity index is 2.04. The smallest absolute Gasteiger partial charge is 0.399 e. The molecule has 2 heterocycles. The van der Waals surface area contributed by atoms with Gasteiger partial charge in [-0.2, -0.15) is 0 Å². The van der Waals surface area contributed by atoms with Crippen LogP contribution in [0.5, 0.6) is 0 Å². The van der Waals surface area contributed by atoms with Crippen LogP contribution in [-0.4, -0.2) is 46.2 Å². The third-order valence-corrected chi connectivity index (χ3v) is 4.59. The van der Waals surface area contributed by atoms with E-state index in [-0.39, 0.29) is 13.0 Å². The maximum atomic E-state index is 10.1. The molecule has 1 fully saturated rings. The molecule has 8 nitrogen and oxygen atoms in total. The molecule has 2 unspecified atom stereocenters. The van der Waals surface area contributed by atoms with Gasteiger partial charge in [0.15, 0.2) is 0 Å². The van der Waals surface area contributed by atoms with Gasteiger partial charge < -0.3 is 19.5 Å². The first kappa shape index (κ1) is 18.7. The summed E-state index contributed by atoms with van der Waals surface area (Å²) in [5.74, 6) is 0. The van der Waals surface area contributed by atoms with Gasteiger partial charge in [0.25, 0.3) is 0 Å². The summed E-state index contributed by atoms with van der Waals surface area (Å²) in [6.45, 7) is 8.00. The zero-order valence-corrected chi connectivity index (χ0v) is 14.4. The van der Waals surface area contributed by atoms with Crippen LogP contribution in [0.2, 0.25) is 0 Å². The Labute approximate surface area is 141 Å². The van der Waals surface area contributed by atoms with Gasteiger partial charge in [-0.25, -0.2) is 0 Å². The first-order valence-electron chi connectivity index (χ1n) is 7.86. The SMILES string of the molecule is CC1(C)OB(c2ccc(C(O)C(O)CCN=[N+]=[N-])nc2)OC1(C)C. The summed E-state index contributed by atoms with van der Waals surface area (Å²) in [7, 11) is -0.524. The molecule has 0 spiro atoms. The second-order valence-electron chi connectivity index (χ2n) is 6.86. The predicted molar refractivity (Wildman–Crippen MR) is 89.5 cm³/mol. The molecular formula is C15H23BN4O4. The van der Waals surface area contributed by atoms with E-state index in [0.29, 0.717) is 5.69 Å². The van der Waals surface area contributed by atoms with Gasteiger partial charge in [0.2, 0.25) is 0 Å². The molecule has 9 heteroatoms. The lowest BCUT2D eigenvalue weighted by molar-refractivity contribution is 0.00578. The predicted octanol–water partition coefficient (Wildman–Crippen LogP) is 1.48. The van der Waals surface area contributed by atoms with Crippen LogP contribution >= 0.6 is 0 Å². The molecule has 2 N–H and O–H groups in total. The van der Waals surface area contributed by atoms with E-state index in [1.165, 1.54) is 0 Å². The van der Waals surface area contributed by atoms with E-state index in [0.717, 1.165) is 5.46 Å². The van der Waals surface area contributed by atoms with Crippen LogP contribution in [-0.2, 0) is 9.31 Å². The molecule has 1 aromatic heterocycles. The Morgan fingerprint density at radius 3 is 2.38 bits per heavy atom. The fourth-order valence-electron chi connectivity index (χ4n) is 2.30. The highest BCUT2D eigenvalue weighted by Gasteiger charge is 2.51. The first-order chi connectivity index (χ1) is 11.2. The van der Waals surface area contributed by atoms with Gasteiger partial charge in [-0.05, 0) is 45.7 Å². The minimum atomic E-state index is -1.15. The van der Waals surface area contributed by atoms with E-state index in [1.807, 2.05) is 27.7 Å². The van der Waals surface area contributed by atoms with Crippen LogP contribution in [0.4, 0.5) is 0 Å². The fourth-order valence-corrected chi connectivity index (χ4v) is 2.30. The molecule has 0 aromatic carbocycles. The highest BCUT2D eigenvalue weighted by molar-refractivity contribution is 6.62. The standard InChI is InChI=1S/C15H23BN4O4/c1-14(2)15(3,4)24-16(23-14)10-5-6-11(18-9-10)13(22)12(21)7-8-19-20-17/h5-6,9,12-13,21-22H,7-8H2,1-4H3. The van der Waals surface area contributed by atoms with Gasteiger partial charge in [0.05, 0.1) is 23.0 Å². The van der Waals surface area contributed by atoms with Crippen LogP contribution in [0.1, 0.15) is 45.9 Å². The molecule has 0 saturated carbocycles. The Morgan fingerprint density at radius 1 is 1.25 bits per heavy atom. The number of rotatable bonds is 6. The van der Waals surface area contributed by atoms with E-state index in [4.69, 9.17) is 14.8 Å². The second kappa shape index (κ2) is 7.08. The van der Waals surface area contributed by atoms with E-state index in [2.05, 4.69) is 15.0 Å². The summed E-state index contributed by atoms with van der Waals surface area (Å²) in [5.41, 5.74) is 8.43. The van der Waals surface area contributed by atoms with Crippen molar-refractivity contribution in [3.63, 3.8) is 0 Å². The Hall–Kier alpha value is -1.64. The summed E-state index contributed by atoms with van der Waals surface area (Å²) in [6.07, 6.45) is -0.468. The number of aliphatic hydroxyl groups excluding tert-OH is 2. The molecule has 2 rings (SSSR count). The molecule has 0 aliphatic carbocycles. The van der Waals surface area contributed by atoms with Crippen molar-refractivity contribution in [2.24, 2.45) is 5.11 Å². The van der Waals surface area contributed by atoms with Crippen molar-refractivity contribution in [1.82, 2.24) is 4.98 Å². The largest absolute Gasteiger partial charge is 0.496 e. The summed E-state index contributed by atoms with van der Waals surface area (Å²) in [6, 6.07) is 3.38. The van der Waals surface area contributed by atoms with Gasteiger partial charge >= 0.3 is 7.12 Å². The van der Waals surface area contributed by atoms with Crippen molar-refractivity contribution in [3.8, 4) is 0 Å². The Bertz CT molecular complexity index is 600. The highest BCUT2D eigenvalue weighted by Crippen LogP contribution is 2.36. The molecular weight excluding hydrogens is 311 g/mol. The number of azide groups is 1. The molecule has 1 saturated heterocycles. The summed E-state index contributed by atoms with van der Waals surface area (Å²) < 4.78 is 11.9. The quantitative estimate of drug-likeness (QED) is 0.353. The maximum Gasteiger partial charge on any atom is 0.496 e. The van der Waals surface area contributed by atoms with Crippen molar-refractivity contribution in [2.75, 3.05) is 6.54 Å². The summed E-state index contributed by atoms with van der Waals surface area (Å²) in [5, 5.41) is 23.3. The van der Waals surface area contributed by atoms with E-state index < -0.39 is 30.5 Å². The third kappa shape index (κ3) is 3.88. The Kier molecular flexibility index (Phi) is 5.52. The van der Waals surface area contributed by atoms with Crippen molar-refractivity contribution >= 4 is 12.6 Å². The minimum absolute atomic E-state index is 0.112. The molecule has 24 heavy (non-hydrogen) atoms. The number of hydrogen-bond acceptors (Lipinski definition) is 6. The molecule has 130 valence electrons. The van der Waals surface area contributed by atoms with Crippen LogP contribution in [0, 0.1) is 0 Å². The van der Waals surface area contributed by atoms with E-state index in [1.54, 1.807) is 18.3 Å². The molecule has 1 aliphatic rings. The number of nitrogens with zero attached hydrogens (tertiary/aromatic N) is 4. The Morgan fingerprint density at radius 2 is 1.88 bits per heavy atom. The lowest BCUT2D eigenvalue weighted by Crippen LogP contribution is -2.41. The van der Waals surface area contributed by atoms with Gasteiger partial charge in [0.1, 0.15) is 6.10 Å². The fraction of sp³-hybridized carbons (Fsp3) is 0.667. The minimum Gasteiger partial charge on any atom is -0.399 e. The van der Waals surface area contributed by atoms with E-state index >= 15 is 0 Å². The number of hydrogen-bond donors (Lipinski definition) is 2. The lowest BCUT2D eigenvalue weighted by Gasteiger charge is -2.32. The van der Waals surface area contributed by atoms with Gasteiger partial charge in [0, 0.05) is 23.1 Å².